The van der Waals surface area contributed by atoms with Crippen molar-refractivity contribution in [2.75, 3.05) is 25.5 Å². The number of nitrogens with zero attached hydrogens (tertiary/aromatic N) is 3. The zero-order valence-corrected chi connectivity index (χ0v) is 18.2. The summed E-state index contributed by atoms with van der Waals surface area (Å²) in [6, 6.07) is 8.53. The minimum atomic E-state index is -0.541. The van der Waals surface area contributed by atoms with Gasteiger partial charge in [-0.15, -0.1) is 0 Å². The highest BCUT2D eigenvalue weighted by Gasteiger charge is 2.34. The third-order valence-corrected chi connectivity index (χ3v) is 6.03. The number of hydrogen-bond donors (Lipinski definition) is 1. The fraction of sp³-hybridized carbons (Fsp3) is 0.348. The largest absolute Gasteiger partial charge is 0.496 e. The van der Waals surface area contributed by atoms with E-state index in [0.717, 1.165) is 23.8 Å². The van der Waals surface area contributed by atoms with Gasteiger partial charge in [0.15, 0.2) is 5.82 Å². The molecule has 0 aliphatic heterocycles. The molecule has 8 heteroatoms. The number of carbonyl (C=O) groups excluding carboxylic acids is 1. The summed E-state index contributed by atoms with van der Waals surface area (Å²) in [5.74, 6) is 1.93. The van der Waals surface area contributed by atoms with Crippen molar-refractivity contribution < 1.29 is 13.9 Å². The van der Waals surface area contributed by atoms with Gasteiger partial charge in [-0.2, -0.15) is 0 Å². The summed E-state index contributed by atoms with van der Waals surface area (Å²) < 4.78 is 20.0. The van der Waals surface area contributed by atoms with Crippen molar-refractivity contribution in [2.45, 2.75) is 19.9 Å². The molecule has 162 valence electrons. The number of fused-ring (bicyclic) bond motifs is 1. The van der Waals surface area contributed by atoms with Gasteiger partial charge in [-0.3, -0.25) is 4.90 Å². The topological polar surface area (TPSA) is 67.4 Å². The second-order valence-electron chi connectivity index (χ2n) is 7.96. The average Bonchev–Trinajstić information content (AvgIpc) is 3.45. The second kappa shape index (κ2) is 9.16. The fourth-order valence-electron chi connectivity index (χ4n) is 3.80. The van der Waals surface area contributed by atoms with Crippen molar-refractivity contribution in [3.63, 3.8) is 0 Å². The number of halogens is 2. The molecule has 3 aromatic rings. The van der Waals surface area contributed by atoms with E-state index in [2.05, 4.69) is 27.1 Å². The van der Waals surface area contributed by atoms with Crippen molar-refractivity contribution in [3.8, 4) is 5.75 Å². The van der Waals surface area contributed by atoms with Crippen LogP contribution in [0, 0.1) is 17.7 Å². The van der Waals surface area contributed by atoms with Gasteiger partial charge < -0.3 is 14.8 Å². The molecule has 0 radical (unpaired) electrons. The Kier molecular flexibility index (Phi) is 6.34. The highest BCUT2D eigenvalue weighted by atomic mass is 35.5. The van der Waals surface area contributed by atoms with Gasteiger partial charge >= 0.3 is 0 Å². The van der Waals surface area contributed by atoms with Gasteiger partial charge in [-0.1, -0.05) is 24.6 Å². The molecule has 2 atom stereocenters. The molecule has 1 aliphatic carbocycles. The van der Waals surface area contributed by atoms with Crippen LogP contribution in [0.25, 0.3) is 10.9 Å². The van der Waals surface area contributed by atoms with Crippen molar-refractivity contribution in [1.29, 1.82) is 0 Å². The summed E-state index contributed by atoms with van der Waals surface area (Å²) in [6.07, 6.45) is 3.54. The minimum Gasteiger partial charge on any atom is -0.496 e. The Bertz CT molecular complexity index is 1110. The third kappa shape index (κ3) is 4.78. The van der Waals surface area contributed by atoms with Gasteiger partial charge in [0.1, 0.15) is 24.2 Å². The number of ether oxygens (including phenoxy) is 1. The van der Waals surface area contributed by atoms with E-state index in [1.54, 1.807) is 19.2 Å². The first-order chi connectivity index (χ1) is 15.0. The lowest BCUT2D eigenvalue weighted by Gasteiger charge is -2.22. The lowest BCUT2D eigenvalue weighted by atomic mass is 10.1. The number of aromatic nitrogens is 2. The molecule has 1 aromatic heterocycles. The van der Waals surface area contributed by atoms with Gasteiger partial charge in [-0.05, 0) is 36.5 Å². The number of nitrogens with one attached hydrogen (secondary N) is 1. The van der Waals surface area contributed by atoms with Crippen LogP contribution in [0.5, 0.6) is 5.75 Å². The summed E-state index contributed by atoms with van der Waals surface area (Å²) in [4.78, 5) is 22.0. The number of benzene rings is 2. The Morgan fingerprint density at radius 1 is 1.35 bits per heavy atom. The Morgan fingerprint density at radius 3 is 2.87 bits per heavy atom. The highest BCUT2D eigenvalue weighted by Crippen LogP contribution is 2.39. The molecule has 31 heavy (non-hydrogen) atoms. The molecule has 0 spiro atoms. The van der Waals surface area contributed by atoms with E-state index in [1.165, 1.54) is 18.8 Å². The molecule has 2 unspecified atom stereocenters. The molecule has 0 bridgehead atoms. The molecule has 1 fully saturated rings. The Morgan fingerprint density at radius 2 is 2.16 bits per heavy atom. The van der Waals surface area contributed by atoms with Crippen LogP contribution in [0.4, 0.5) is 15.9 Å². The summed E-state index contributed by atoms with van der Waals surface area (Å²) in [6.45, 7) is 4.01. The highest BCUT2D eigenvalue weighted by molar-refractivity contribution is 6.31. The SMILES string of the molecule is COc1cc2ncnc(Nc3cccc(Cl)c3F)c2cc1CN(CC=O)CC1CC1C. The maximum absolute atomic E-state index is 14.4. The molecule has 1 aliphatic rings. The monoisotopic (exact) mass is 442 g/mol. The molecule has 1 N–H and O–H groups in total. The van der Waals surface area contributed by atoms with E-state index in [9.17, 15) is 9.18 Å². The van der Waals surface area contributed by atoms with Crippen LogP contribution in [-0.4, -0.2) is 41.4 Å². The summed E-state index contributed by atoms with van der Waals surface area (Å²) in [5, 5.41) is 3.78. The quantitative estimate of drug-likeness (QED) is 0.479. The minimum absolute atomic E-state index is 0.0320. The molecule has 1 saturated carbocycles. The van der Waals surface area contributed by atoms with Crippen LogP contribution in [0.3, 0.4) is 0 Å². The number of rotatable bonds is 9. The van der Waals surface area contributed by atoms with Crippen LogP contribution in [0.1, 0.15) is 18.9 Å². The normalized spacial score (nSPS) is 17.7. The lowest BCUT2D eigenvalue weighted by molar-refractivity contribution is -0.109. The van der Waals surface area contributed by atoms with Gasteiger partial charge in [0, 0.05) is 30.1 Å². The zero-order chi connectivity index (χ0) is 22.0. The standard InChI is InChI=1S/C23H24ClFN4O2/c1-14-8-15(14)11-29(6-7-30)12-16-9-17-20(10-21(16)31-2)26-13-27-23(17)28-19-5-3-4-18(24)22(19)25/h3-5,7,9-10,13-15H,6,8,11-12H2,1-2H3,(H,26,27,28). The molecule has 0 amide bonds. The van der Waals surface area contributed by atoms with Crippen molar-refractivity contribution in [1.82, 2.24) is 14.9 Å². The number of methoxy groups -OCH3 is 1. The Balaban J connectivity index is 1.69. The van der Waals surface area contributed by atoms with Gasteiger partial charge in [-0.25, -0.2) is 14.4 Å². The predicted octanol–water partition coefficient (Wildman–Crippen LogP) is 4.83. The molecule has 0 saturated heterocycles. The number of anilines is 2. The van der Waals surface area contributed by atoms with Crippen molar-refractivity contribution >= 4 is 40.3 Å². The average molecular weight is 443 g/mol. The number of hydrogen-bond acceptors (Lipinski definition) is 6. The maximum atomic E-state index is 14.4. The van der Waals surface area contributed by atoms with E-state index in [0.29, 0.717) is 42.0 Å². The lowest BCUT2D eigenvalue weighted by Crippen LogP contribution is -2.28. The molecule has 1 heterocycles. The fourth-order valence-corrected chi connectivity index (χ4v) is 3.98. The number of aldehydes is 1. The zero-order valence-electron chi connectivity index (χ0n) is 17.4. The molecular weight excluding hydrogens is 419 g/mol. The number of carbonyl (C=O) groups is 1. The molecular formula is C23H24ClFN4O2. The van der Waals surface area contributed by atoms with E-state index >= 15 is 0 Å². The maximum Gasteiger partial charge on any atom is 0.165 e. The summed E-state index contributed by atoms with van der Waals surface area (Å²) >= 11 is 5.91. The van der Waals surface area contributed by atoms with E-state index < -0.39 is 5.82 Å². The van der Waals surface area contributed by atoms with E-state index in [1.807, 2.05) is 12.1 Å². The van der Waals surface area contributed by atoms with E-state index in [4.69, 9.17) is 16.3 Å². The van der Waals surface area contributed by atoms with Gasteiger partial charge in [0.25, 0.3) is 0 Å². The van der Waals surface area contributed by atoms with Crippen LogP contribution in [-0.2, 0) is 11.3 Å². The van der Waals surface area contributed by atoms with Crippen molar-refractivity contribution in [3.05, 3.63) is 53.1 Å². The molecule has 2 aromatic carbocycles. The third-order valence-electron chi connectivity index (χ3n) is 5.74. The Labute approximate surface area is 185 Å². The molecule has 4 rings (SSSR count). The second-order valence-corrected chi connectivity index (χ2v) is 8.37. The molecule has 6 nitrogen and oxygen atoms in total. The first-order valence-electron chi connectivity index (χ1n) is 10.2. The van der Waals surface area contributed by atoms with E-state index in [-0.39, 0.29) is 10.7 Å². The van der Waals surface area contributed by atoms with Crippen LogP contribution in [0.2, 0.25) is 5.02 Å². The van der Waals surface area contributed by atoms with Crippen LogP contribution in [0.15, 0.2) is 36.7 Å². The van der Waals surface area contributed by atoms with Crippen LogP contribution >= 0.6 is 11.6 Å². The van der Waals surface area contributed by atoms with Crippen LogP contribution < -0.4 is 10.1 Å². The van der Waals surface area contributed by atoms with Gasteiger partial charge in [0.2, 0.25) is 0 Å². The van der Waals surface area contributed by atoms with Crippen molar-refractivity contribution in [2.24, 2.45) is 11.8 Å². The smallest absolute Gasteiger partial charge is 0.165 e. The first-order valence-corrected chi connectivity index (χ1v) is 10.6. The summed E-state index contributed by atoms with van der Waals surface area (Å²) in [7, 11) is 1.61. The first kappa shape index (κ1) is 21.5. The Hall–Kier alpha value is -2.77. The van der Waals surface area contributed by atoms with Gasteiger partial charge in [0.05, 0.1) is 29.9 Å². The predicted molar refractivity (Wildman–Crippen MR) is 119 cm³/mol. The summed E-state index contributed by atoms with van der Waals surface area (Å²) in [5.41, 5.74) is 1.81.